The third kappa shape index (κ3) is 3.52. The van der Waals surface area contributed by atoms with Gasteiger partial charge in [-0.25, -0.2) is 0 Å². The Labute approximate surface area is 154 Å². The molecule has 0 N–H and O–H groups in total. The van der Waals surface area contributed by atoms with Gasteiger partial charge in [-0.3, -0.25) is 4.90 Å². The van der Waals surface area contributed by atoms with Crippen molar-refractivity contribution in [2.24, 2.45) is 0 Å². The Balaban J connectivity index is 1.50. The zero-order valence-corrected chi connectivity index (χ0v) is 15.3. The highest BCUT2D eigenvalue weighted by atomic mass is 16.5. The maximum Gasteiger partial charge on any atom is 0.138 e. The second-order valence-corrected chi connectivity index (χ2v) is 6.73. The summed E-state index contributed by atoms with van der Waals surface area (Å²) in [6.45, 7) is 4.67. The first-order valence-electron chi connectivity index (χ1n) is 8.96. The molecule has 3 aromatic rings. The Morgan fingerprint density at radius 3 is 2.54 bits per heavy atom. The molecule has 134 valence electrons. The van der Waals surface area contributed by atoms with Crippen LogP contribution in [0.15, 0.2) is 67.0 Å². The summed E-state index contributed by atoms with van der Waals surface area (Å²) in [5, 5.41) is 0. The number of methoxy groups -OCH3 is 1. The molecule has 0 radical (unpaired) electrons. The molecule has 1 aliphatic heterocycles. The van der Waals surface area contributed by atoms with Crippen molar-refractivity contribution in [3.63, 3.8) is 0 Å². The number of benzene rings is 2. The Kier molecular flexibility index (Phi) is 4.78. The van der Waals surface area contributed by atoms with Crippen molar-refractivity contribution in [1.29, 1.82) is 0 Å². The number of aromatic nitrogens is 1. The van der Waals surface area contributed by atoms with Gasteiger partial charge in [-0.05, 0) is 42.8 Å². The first-order chi connectivity index (χ1) is 12.7. The third-order valence-electron chi connectivity index (χ3n) is 4.86. The van der Waals surface area contributed by atoms with Crippen LogP contribution in [0.3, 0.4) is 0 Å². The third-order valence-corrected chi connectivity index (χ3v) is 4.86. The highest BCUT2D eigenvalue weighted by Gasteiger charge is 2.27. The fourth-order valence-corrected chi connectivity index (χ4v) is 3.38. The van der Waals surface area contributed by atoms with Crippen LogP contribution in [0.1, 0.15) is 22.9 Å². The van der Waals surface area contributed by atoms with E-state index in [9.17, 15) is 0 Å². The number of nitrogens with zero attached hydrogens (tertiary/aromatic N) is 2. The van der Waals surface area contributed by atoms with Gasteiger partial charge in [-0.15, -0.1) is 0 Å². The first-order valence-corrected chi connectivity index (χ1v) is 8.96. The second kappa shape index (κ2) is 7.36. The Bertz CT molecular complexity index is 853. The van der Waals surface area contributed by atoms with E-state index in [1.54, 1.807) is 7.11 Å². The average Bonchev–Trinajstić information content (AvgIpc) is 3.32. The normalized spacial score (nSPS) is 17.5. The highest BCUT2D eigenvalue weighted by molar-refractivity contribution is 5.36. The number of aryl methyl sites for hydroxylation is 1. The van der Waals surface area contributed by atoms with Crippen molar-refractivity contribution < 1.29 is 9.47 Å². The Morgan fingerprint density at radius 1 is 1.04 bits per heavy atom. The van der Waals surface area contributed by atoms with Gasteiger partial charge in [-0.2, -0.15) is 0 Å². The fourth-order valence-electron chi connectivity index (χ4n) is 3.38. The number of rotatable bonds is 5. The monoisotopic (exact) mass is 348 g/mol. The lowest BCUT2D eigenvalue weighted by Gasteiger charge is -2.22. The molecule has 1 fully saturated rings. The molecule has 2 aromatic carbocycles. The van der Waals surface area contributed by atoms with Gasteiger partial charge in [0.25, 0.3) is 0 Å². The predicted octanol–water partition coefficient (Wildman–Crippen LogP) is 4.33. The summed E-state index contributed by atoms with van der Waals surface area (Å²) in [7, 11) is 1.69. The number of ether oxygens (including phenoxy) is 2. The minimum absolute atomic E-state index is 0.00352. The van der Waals surface area contributed by atoms with E-state index < -0.39 is 0 Å². The molecule has 2 heterocycles. The molecule has 1 aliphatic rings. The highest BCUT2D eigenvalue weighted by Crippen LogP contribution is 2.29. The summed E-state index contributed by atoms with van der Waals surface area (Å²) >= 11 is 0. The number of hydrogen-bond donors (Lipinski definition) is 0. The molecule has 1 aromatic heterocycles. The van der Waals surface area contributed by atoms with Gasteiger partial charge in [0.15, 0.2) is 0 Å². The van der Waals surface area contributed by atoms with Crippen LogP contribution in [0.4, 0.5) is 0 Å². The summed E-state index contributed by atoms with van der Waals surface area (Å²) in [6.07, 6.45) is 4.28. The lowest BCUT2D eigenvalue weighted by atomic mass is 10.2. The zero-order chi connectivity index (χ0) is 17.9. The van der Waals surface area contributed by atoms with E-state index in [1.165, 1.54) is 22.4 Å². The van der Waals surface area contributed by atoms with Crippen molar-refractivity contribution in [3.8, 4) is 11.4 Å². The van der Waals surface area contributed by atoms with E-state index in [2.05, 4.69) is 71.2 Å². The van der Waals surface area contributed by atoms with E-state index in [4.69, 9.17) is 9.47 Å². The summed E-state index contributed by atoms with van der Waals surface area (Å²) in [5.41, 5.74) is 4.89. The Morgan fingerprint density at radius 2 is 1.81 bits per heavy atom. The molecule has 1 atom stereocenters. The van der Waals surface area contributed by atoms with Gasteiger partial charge >= 0.3 is 0 Å². The van der Waals surface area contributed by atoms with Crippen LogP contribution >= 0.6 is 0 Å². The standard InChI is InChI=1S/C22H24N2O2/c1-17-3-7-20(8-4-17)23-12-11-19(16-23)22-24(13-14-26-22)15-18-5-9-21(25-2)10-6-18/h3-12,16,22H,13-15H2,1-2H3/t22-/m0/s1. The average molecular weight is 348 g/mol. The van der Waals surface area contributed by atoms with Crippen molar-refractivity contribution >= 4 is 0 Å². The molecule has 26 heavy (non-hydrogen) atoms. The van der Waals surface area contributed by atoms with E-state index in [1.807, 2.05) is 12.1 Å². The lowest BCUT2D eigenvalue weighted by Crippen LogP contribution is -2.23. The molecule has 4 rings (SSSR count). The largest absolute Gasteiger partial charge is 0.497 e. The SMILES string of the molecule is COc1ccc(CN2CCO[C@H]2c2ccn(-c3ccc(C)cc3)c2)cc1. The van der Waals surface area contributed by atoms with Gasteiger partial charge in [0.2, 0.25) is 0 Å². The van der Waals surface area contributed by atoms with E-state index >= 15 is 0 Å². The lowest BCUT2D eigenvalue weighted by molar-refractivity contribution is 0.0288. The van der Waals surface area contributed by atoms with Gasteiger partial charge in [0.05, 0.1) is 13.7 Å². The van der Waals surface area contributed by atoms with Crippen molar-refractivity contribution in [2.45, 2.75) is 19.7 Å². The molecule has 4 nitrogen and oxygen atoms in total. The molecular formula is C22H24N2O2. The molecule has 0 saturated carbocycles. The molecule has 0 spiro atoms. The van der Waals surface area contributed by atoms with Crippen LogP contribution in [0.25, 0.3) is 5.69 Å². The molecule has 0 aliphatic carbocycles. The number of hydrogen-bond acceptors (Lipinski definition) is 3. The maximum absolute atomic E-state index is 6.02. The predicted molar refractivity (Wildman–Crippen MR) is 103 cm³/mol. The molecule has 1 saturated heterocycles. The summed E-state index contributed by atoms with van der Waals surface area (Å²) in [6, 6.07) is 19.0. The van der Waals surface area contributed by atoms with Crippen LogP contribution in [0.2, 0.25) is 0 Å². The van der Waals surface area contributed by atoms with Crippen molar-refractivity contribution in [2.75, 3.05) is 20.3 Å². The molecule has 0 amide bonds. The first kappa shape index (κ1) is 16.9. The van der Waals surface area contributed by atoms with Crippen LogP contribution < -0.4 is 4.74 Å². The van der Waals surface area contributed by atoms with Gasteiger partial charge in [0, 0.05) is 36.7 Å². The van der Waals surface area contributed by atoms with E-state index in [0.717, 1.165) is 25.4 Å². The summed E-state index contributed by atoms with van der Waals surface area (Å²) in [5.74, 6) is 0.887. The smallest absolute Gasteiger partial charge is 0.138 e. The van der Waals surface area contributed by atoms with Gasteiger partial charge < -0.3 is 14.0 Å². The van der Waals surface area contributed by atoms with E-state index in [0.29, 0.717) is 0 Å². The topological polar surface area (TPSA) is 26.6 Å². The quantitative estimate of drug-likeness (QED) is 0.687. The zero-order valence-electron chi connectivity index (χ0n) is 15.3. The summed E-state index contributed by atoms with van der Waals surface area (Å²) in [4.78, 5) is 2.37. The van der Waals surface area contributed by atoms with Crippen LogP contribution in [0, 0.1) is 6.92 Å². The molecule has 4 heteroatoms. The fraction of sp³-hybridized carbons (Fsp3) is 0.273. The van der Waals surface area contributed by atoms with Crippen LogP contribution in [-0.2, 0) is 11.3 Å². The maximum atomic E-state index is 6.02. The second-order valence-electron chi connectivity index (χ2n) is 6.73. The van der Waals surface area contributed by atoms with Gasteiger partial charge in [-0.1, -0.05) is 29.8 Å². The van der Waals surface area contributed by atoms with E-state index in [-0.39, 0.29) is 6.23 Å². The minimum atomic E-state index is 0.00352. The molecule has 0 bridgehead atoms. The van der Waals surface area contributed by atoms with Gasteiger partial charge in [0.1, 0.15) is 12.0 Å². The molecule has 0 unspecified atom stereocenters. The van der Waals surface area contributed by atoms with Crippen molar-refractivity contribution in [3.05, 3.63) is 83.7 Å². The van der Waals surface area contributed by atoms with Crippen LogP contribution in [-0.4, -0.2) is 29.7 Å². The van der Waals surface area contributed by atoms with Crippen LogP contribution in [0.5, 0.6) is 5.75 Å². The Hall–Kier alpha value is -2.56. The molecular weight excluding hydrogens is 324 g/mol. The van der Waals surface area contributed by atoms with Crippen molar-refractivity contribution in [1.82, 2.24) is 9.47 Å². The summed E-state index contributed by atoms with van der Waals surface area (Å²) < 4.78 is 13.4. The minimum Gasteiger partial charge on any atom is -0.497 e.